The van der Waals surface area contributed by atoms with Crippen molar-refractivity contribution in [1.29, 1.82) is 0 Å². The lowest BCUT2D eigenvalue weighted by Crippen LogP contribution is -2.24. The van der Waals surface area contributed by atoms with Crippen LogP contribution in [-0.4, -0.2) is 56.1 Å². The Morgan fingerprint density at radius 1 is 1.37 bits per heavy atom. The number of nitrogens with one attached hydrogen (secondary N) is 2. The summed E-state index contributed by atoms with van der Waals surface area (Å²) in [5.74, 6) is 1.98. The van der Waals surface area contributed by atoms with Crippen molar-refractivity contribution in [3.05, 3.63) is 42.0 Å². The SMILES string of the molecule is COc1cccc(CNc2ncnc3nc(C4C[C@H](O)[C@@H](CO)O4)[nH]c23)c1. The van der Waals surface area contributed by atoms with Crippen LogP contribution in [0.25, 0.3) is 11.2 Å². The third-order valence-electron chi connectivity index (χ3n) is 4.61. The van der Waals surface area contributed by atoms with Gasteiger partial charge in [-0.15, -0.1) is 0 Å². The summed E-state index contributed by atoms with van der Waals surface area (Å²) in [5.41, 5.74) is 2.23. The van der Waals surface area contributed by atoms with Gasteiger partial charge in [0.25, 0.3) is 0 Å². The lowest BCUT2D eigenvalue weighted by atomic mass is 10.1. The number of hydrogen-bond donors (Lipinski definition) is 4. The largest absolute Gasteiger partial charge is 0.497 e. The number of anilines is 1. The highest BCUT2D eigenvalue weighted by Crippen LogP contribution is 2.32. The van der Waals surface area contributed by atoms with Gasteiger partial charge in [0.2, 0.25) is 0 Å². The van der Waals surface area contributed by atoms with Crippen molar-refractivity contribution in [2.75, 3.05) is 19.0 Å². The lowest BCUT2D eigenvalue weighted by molar-refractivity contribution is -0.0244. The van der Waals surface area contributed by atoms with Gasteiger partial charge in [-0.3, -0.25) is 0 Å². The van der Waals surface area contributed by atoms with Crippen molar-refractivity contribution >= 4 is 17.0 Å². The fourth-order valence-corrected chi connectivity index (χ4v) is 3.17. The molecule has 1 aliphatic heterocycles. The number of methoxy groups -OCH3 is 1. The Labute approximate surface area is 155 Å². The highest BCUT2D eigenvalue weighted by atomic mass is 16.5. The first-order chi connectivity index (χ1) is 13.2. The van der Waals surface area contributed by atoms with Crippen LogP contribution >= 0.6 is 0 Å². The fourth-order valence-electron chi connectivity index (χ4n) is 3.17. The number of H-pyrrole nitrogens is 1. The van der Waals surface area contributed by atoms with E-state index in [9.17, 15) is 10.2 Å². The molecule has 2 aromatic heterocycles. The van der Waals surface area contributed by atoms with Crippen molar-refractivity contribution in [3.63, 3.8) is 0 Å². The summed E-state index contributed by atoms with van der Waals surface area (Å²) in [4.78, 5) is 16.1. The molecule has 0 spiro atoms. The Morgan fingerprint density at radius 3 is 3.04 bits per heavy atom. The van der Waals surface area contributed by atoms with Crippen LogP contribution in [-0.2, 0) is 11.3 Å². The summed E-state index contributed by atoms with van der Waals surface area (Å²) in [5, 5.41) is 22.4. The van der Waals surface area contributed by atoms with Crippen molar-refractivity contribution in [3.8, 4) is 5.75 Å². The van der Waals surface area contributed by atoms with Crippen LogP contribution in [0, 0.1) is 0 Å². The maximum Gasteiger partial charge on any atom is 0.183 e. The van der Waals surface area contributed by atoms with E-state index in [0.29, 0.717) is 35.8 Å². The van der Waals surface area contributed by atoms with Gasteiger partial charge in [-0.05, 0) is 17.7 Å². The number of aliphatic hydroxyl groups excluding tert-OH is 2. The van der Waals surface area contributed by atoms with E-state index >= 15 is 0 Å². The number of hydrogen-bond acceptors (Lipinski definition) is 8. The highest BCUT2D eigenvalue weighted by molar-refractivity contribution is 5.82. The normalized spacial score (nSPS) is 22.3. The molecule has 4 N–H and O–H groups in total. The number of aromatic amines is 1. The first kappa shape index (κ1) is 17.7. The minimum absolute atomic E-state index is 0.231. The standard InChI is InChI=1S/C18H21N5O4/c1-26-11-4-2-3-10(5-11)7-19-17-15-18(21-9-20-17)23-16(22-15)13-6-12(25)14(8-24)27-13/h2-5,9,12-14,24-25H,6-8H2,1H3,(H2,19,20,21,22,23)/t12-,13?,14+/m0/s1. The van der Waals surface area contributed by atoms with E-state index in [1.54, 1.807) is 7.11 Å². The summed E-state index contributed by atoms with van der Waals surface area (Å²) >= 11 is 0. The number of aromatic nitrogens is 4. The molecule has 0 bridgehead atoms. The van der Waals surface area contributed by atoms with E-state index < -0.39 is 18.3 Å². The van der Waals surface area contributed by atoms with E-state index in [4.69, 9.17) is 9.47 Å². The molecule has 1 aliphatic rings. The molecule has 9 heteroatoms. The molecule has 3 aromatic rings. The molecular weight excluding hydrogens is 350 g/mol. The Balaban J connectivity index is 1.54. The smallest absolute Gasteiger partial charge is 0.183 e. The highest BCUT2D eigenvalue weighted by Gasteiger charge is 2.36. The number of fused-ring (bicyclic) bond motifs is 1. The van der Waals surface area contributed by atoms with Crippen LogP contribution in [0.1, 0.15) is 23.9 Å². The van der Waals surface area contributed by atoms with Crippen LogP contribution in [0.3, 0.4) is 0 Å². The van der Waals surface area contributed by atoms with E-state index in [2.05, 4.69) is 25.3 Å². The summed E-state index contributed by atoms with van der Waals surface area (Å²) in [6.07, 6.45) is 0.0785. The third kappa shape index (κ3) is 3.57. The zero-order chi connectivity index (χ0) is 18.8. The predicted molar refractivity (Wildman–Crippen MR) is 97.3 cm³/mol. The van der Waals surface area contributed by atoms with Gasteiger partial charge in [0.05, 0.1) is 19.8 Å². The molecule has 0 saturated carbocycles. The molecule has 0 aliphatic carbocycles. The van der Waals surface area contributed by atoms with E-state index in [1.807, 2.05) is 24.3 Å². The molecule has 3 atom stereocenters. The maximum atomic E-state index is 9.93. The van der Waals surface area contributed by atoms with Crippen molar-refractivity contribution in [2.24, 2.45) is 0 Å². The molecule has 3 heterocycles. The maximum absolute atomic E-state index is 9.93. The first-order valence-corrected chi connectivity index (χ1v) is 8.69. The molecule has 0 radical (unpaired) electrons. The van der Waals surface area contributed by atoms with Gasteiger partial charge in [-0.2, -0.15) is 0 Å². The van der Waals surface area contributed by atoms with Gasteiger partial charge < -0.3 is 30.0 Å². The summed E-state index contributed by atoms with van der Waals surface area (Å²) in [7, 11) is 1.63. The molecule has 1 aromatic carbocycles. The molecule has 142 valence electrons. The van der Waals surface area contributed by atoms with Crippen LogP contribution in [0.4, 0.5) is 5.82 Å². The second-order valence-corrected chi connectivity index (χ2v) is 6.40. The first-order valence-electron chi connectivity index (χ1n) is 8.69. The minimum Gasteiger partial charge on any atom is -0.497 e. The van der Waals surface area contributed by atoms with Gasteiger partial charge in [0.1, 0.15) is 35.6 Å². The number of ether oxygens (including phenoxy) is 2. The van der Waals surface area contributed by atoms with Gasteiger partial charge in [-0.1, -0.05) is 12.1 Å². The number of imidazole rings is 1. The number of aliphatic hydroxyl groups is 2. The van der Waals surface area contributed by atoms with Gasteiger partial charge in [0.15, 0.2) is 11.5 Å². The molecule has 0 amide bonds. The number of rotatable bonds is 6. The van der Waals surface area contributed by atoms with Crippen molar-refractivity contribution < 1.29 is 19.7 Å². The molecular formula is C18H21N5O4. The lowest BCUT2D eigenvalue weighted by Gasteiger charge is -2.10. The van der Waals surface area contributed by atoms with Crippen LogP contribution in [0.2, 0.25) is 0 Å². The van der Waals surface area contributed by atoms with Crippen molar-refractivity contribution in [1.82, 2.24) is 19.9 Å². The molecule has 1 saturated heterocycles. The monoisotopic (exact) mass is 371 g/mol. The summed E-state index contributed by atoms with van der Waals surface area (Å²) < 4.78 is 10.9. The molecule has 27 heavy (non-hydrogen) atoms. The second-order valence-electron chi connectivity index (χ2n) is 6.40. The van der Waals surface area contributed by atoms with Gasteiger partial charge >= 0.3 is 0 Å². The topological polar surface area (TPSA) is 125 Å². The van der Waals surface area contributed by atoms with Gasteiger partial charge in [-0.25, -0.2) is 15.0 Å². The third-order valence-corrected chi connectivity index (χ3v) is 4.61. The zero-order valence-electron chi connectivity index (χ0n) is 14.8. The van der Waals surface area contributed by atoms with Gasteiger partial charge in [0, 0.05) is 13.0 Å². The Morgan fingerprint density at radius 2 is 2.26 bits per heavy atom. The number of benzene rings is 1. The van der Waals surface area contributed by atoms with Crippen LogP contribution < -0.4 is 10.1 Å². The Bertz CT molecular complexity index is 931. The molecule has 9 nitrogen and oxygen atoms in total. The van der Waals surface area contributed by atoms with E-state index in [-0.39, 0.29) is 6.61 Å². The Hall–Kier alpha value is -2.75. The second kappa shape index (κ2) is 7.47. The quantitative estimate of drug-likeness (QED) is 0.509. The number of nitrogens with zero attached hydrogens (tertiary/aromatic N) is 3. The van der Waals surface area contributed by atoms with Crippen LogP contribution in [0.5, 0.6) is 5.75 Å². The van der Waals surface area contributed by atoms with E-state index in [0.717, 1.165) is 11.3 Å². The molecule has 4 rings (SSSR count). The summed E-state index contributed by atoms with van der Waals surface area (Å²) in [6, 6.07) is 7.77. The summed E-state index contributed by atoms with van der Waals surface area (Å²) in [6.45, 7) is 0.327. The average Bonchev–Trinajstić information content (AvgIpc) is 3.29. The molecule has 1 fully saturated rings. The average molecular weight is 371 g/mol. The minimum atomic E-state index is -0.718. The van der Waals surface area contributed by atoms with Crippen molar-refractivity contribution in [2.45, 2.75) is 31.3 Å². The zero-order valence-corrected chi connectivity index (χ0v) is 14.8. The van der Waals surface area contributed by atoms with Crippen LogP contribution in [0.15, 0.2) is 30.6 Å². The fraction of sp³-hybridized carbons (Fsp3) is 0.389. The molecule has 1 unspecified atom stereocenters. The Kier molecular flexibility index (Phi) is 4.88. The predicted octanol–water partition coefficient (Wildman–Crippen LogP) is 1.16. The van der Waals surface area contributed by atoms with E-state index in [1.165, 1.54) is 6.33 Å².